The number of Topliss-reactive ketones (excluding diaryl/α,β-unsaturated/α-hetero) is 1. The van der Waals surface area contributed by atoms with Gasteiger partial charge in [-0.3, -0.25) is 9.59 Å². The van der Waals surface area contributed by atoms with E-state index in [1.54, 1.807) is 24.3 Å². The van der Waals surface area contributed by atoms with E-state index in [4.69, 9.17) is 11.5 Å². The lowest BCUT2D eigenvalue weighted by Gasteiger charge is -2.09. The number of para-hydroxylation sites is 1. The zero-order valence-electron chi connectivity index (χ0n) is 8.97. The summed E-state index contributed by atoms with van der Waals surface area (Å²) >= 11 is 0. The summed E-state index contributed by atoms with van der Waals surface area (Å²) in [6.45, 7) is 0. The standard InChI is InChI=1S/C11H14N2O3/c1-16-11(15)9(13)6-10(14)7-4-2-3-5-8(7)12/h2-5,9H,6,12-13H2,1H3/t9-/m0/s1. The number of carbonyl (C=O) groups is 2. The summed E-state index contributed by atoms with van der Waals surface area (Å²) in [6, 6.07) is 5.70. The molecule has 0 saturated heterocycles. The third-order valence-electron chi connectivity index (χ3n) is 2.17. The Hall–Kier alpha value is -1.88. The molecule has 0 heterocycles. The monoisotopic (exact) mass is 222 g/mol. The number of benzene rings is 1. The topological polar surface area (TPSA) is 95.4 Å². The van der Waals surface area contributed by atoms with E-state index in [1.807, 2.05) is 0 Å². The molecule has 0 aliphatic heterocycles. The second kappa shape index (κ2) is 5.27. The maximum Gasteiger partial charge on any atom is 0.323 e. The minimum absolute atomic E-state index is 0.110. The molecule has 0 bridgehead atoms. The molecular formula is C11H14N2O3. The Morgan fingerprint density at radius 2 is 2.00 bits per heavy atom. The largest absolute Gasteiger partial charge is 0.468 e. The van der Waals surface area contributed by atoms with Crippen molar-refractivity contribution < 1.29 is 14.3 Å². The van der Waals surface area contributed by atoms with E-state index in [2.05, 4.69) is 4.74 Å². The lowest BCUT2D eigenvalue weighted by Crippen LogP contribution is -2.34. The van der Waals surface area contributed by atoms with Crippen molar-refractivity contribution in [3.05, 3.63) is 29.8 Å². The van der Waals surface area contributed by atoms with Crippen molar-refractivity contribution in [1.82, 2.24) is 0 Å². The highest BCUT2D eigenvalue weighted by Gasteiger charge is 2.19. The molecule has 5 nitrogen and oxygen atoms in total. The summed E-state index contributed by atoms with van der Waals surface area (Å²) in [5, 5.41) is 0. The van der Waals surface area contributed by atoms with Gasteiger partial charge in [0.25, 0.3) is 0 Å². The zero-order chi connectivity index (χ0) is 12.1. The number of anilines is 1. The van der Waals surface area contributed by atoms with Crippen LogP contribution in [0.3, 0.4) is 0 Å². The number of nitrogens with two attached hydrogens (primary N) is 2. The molecule has 1 aromatic rings. The first-order valence-corrected chi connectivity index (χ1v) is 4.77. The molecule has 1 aromatic carbocycles. The van der Waals surface area contributed by atoms with Crippen LogP contribution < -0.4 is 11.5 Å². The molecule has 0 saturated carbocycles. The number of carbonyl (C=O) groups excluding carboxylic acids is 2. The zero-order valence-corrected chi connectivity index (χ0v) is 8.97. The van der Waals surface area contributed by atoms with Crippen LogP contribution in [0.25, 0.3) is 0 Å². The van der Waals surface area contributed by atoms with Gasteiger partial charge in [-0.05, 0) is 12.1 Å². The van der Waals surface area contributed by atoms with Gasteiger partial charge in [-0.1, -0.05) is 12.1 Å². The molecule has 5 heteroatoms. The van der Waals surface area contributed by atoms with Gasteiger partial charge in [0.1, 0.15) is 6.04 Å². The Labute approximate surface area is 93.4 Å². The van der Waals surface area contributed by atoms with Crippen molar-refractivity contribution in [1.29, 1.82) is 0 Å². The first kappa shape index (κ1) is 12.2. The molecule has 0 unspecified atom stereocenters. The smallest absolute Gasteiger partial charge is 0.323 e. The summed E-state index contributed by atoms with van der Waals surface area (Å²) in [5.41, 5.74) is 11.9. The Balaban J connectivity index is 2.73. The van der Waals surface area contributed by atoms with E-state index in [0.29, 0.717) is 11.3 Å². The maximum atomic E-state index is 11.7. The van der Waals surface area contributed by atoms with Crippen molar-refractivity contribution in [3.63, 3.8) is 0 Å². The normalized spacial score (nSPS) is 11.9. The lowest BCUT2D eigenvalue weighted by molar-refractivity contribution is -0.142. The predicted octanol–water partition coefficient (Wildman–Crippen LogP) is 0.342. The minimum atomic E-state index is -0.947. The molecule has 1 rings (SSSR count). The van der Waals surface area contributed by atoms with Crippen molar-refractivity contribution in [3.8, 4) is 0 Å². The van der Waals surface area contributed by atoms with E-state index >= 15 is 0 Å². The lowest BCUT2D eigenvalue weighted by atomic mass is 10.0. The second-order valence-corrected chi connectivity index (χ2v) is 3.34. The van der Waals surface area contributed by atoms with Crippen LogP contribution in [0.4, 0.5) is 5.69 Å². The van der Waals surface area contributed by atoms with Gasteiger partial charge in [-0.25, -0.2) is 0 Å². The Morgan fingerprint density at radius 1 is 1.38 bits per heavy atom. The summed E-state index contributed by atoms with van der Waals surface area (Å²) in [7, 11) is 1.23. The fourth-order valence-corrected chi connectivity index (χ4v) is 1.30. The van der Waals surface area contributed by atoms with Crippen molar-refractivity contribution in [2.45, 2.75) is 12.5 Å². The maximum absolute atomic E-state index is 11.7. The average Bonchev–Trinajstić information content (AvgIpc) is 2.28. The molecular weight excluding hydrogens is 208 g/mol. The Kier molecular flexibility index (Phi) is 4.02. The molecule has 86 valence electrons. The molecule has 0 radical (unpaired) electrons. The SMILES string of the molecule is COC(=O)[C@@H](N)CC(=O)c1ccccc1N. The Morgan fingerprint density at radius 3 is 2.56 bits per heavy atom. The molecule has 16 heavy (non-hydrogen) atoms. The van der Waals surface area contributed by atoms with Crippen molar-refractivity contribution in [2.24, 2.45) is 5.73 Å². The van der Waals surface area contributed by atoms with E-state index in [1.165, 1.54) is 7.11 Å². The molecule has 0 fully saturated rings. The van der Waals surface area contributed by atoms with Gasteiger partial charge in [0.2, 0.25) is 0 Å². The van der Waals surface area contributed by atoms with Gasteiger partial charge in [-0.2, -0.15) is 0 Å². The minimum Gasteiger partial charge on any atom is -0.468 e. The molecule has 4 N–H and O–H groups in total. The highest BCUT2D eigenvalue weighted by Crippen LogP contribution is 2.13. The van der Waals surface area contributed by atoms with Crippen LogP contribution >= 0.6 is 0 Å². The van der Waals surface area contributed by atoms with Crippen molar-refractivity contribution >= 4 is 17.4 Å². The second-order valence-electron chi connectivity index (χ2n) is 3.34. The third-order valence-corrected chi connectivity index (χ3v) is 2.17. The van der Waals surface area contributed by atoms with Crippen LogP contribution in [0.1, 0.15) is 16.8 Å². The number of hydrogen-bond acceptors (Lipinski definition) is 5. The fourth-order valence-electron chi connectivity index (χ4n) is 1.30. The summed E-state index contributed by atoms with van der Waals surface area (Å²) in [5.74, 6) is -0.876. The van der Waals surface area contributed by atoms with Gasteiger partial charge in [-0.15, -0.1) is 0 Å². The van der Waals surface area contributed by atoms with Crippen LogP contribution in [0.2, 0.25) is 0 Å². The molecule has 0 aliphatic carbocycles. The van der Waals surface area contributed by atoms with E-state index in [9.17, 15) is 9.59 Å². The first-order valence-electron chi connectivity index (χ1n) is 4.77. The van der Waals surface area contributed by atoms with Gasteiger partial charge < -0.3 is 16.2 Å². The highest BCUT2D eigenvalue weighted by atomic mass is 16.5. The molecule has 0 aromatic heterocycles. The Bertz CT molecular complexity index is 404. The van der Waals surface area contributed by atoms with Gasteiger partial charge >= 0.3 is 5.97 Å². The highest BCUT2D eigenvalue weighted by molar-refractivity contribution is 6.02. The summed E-state index contributed by atoms with van der Waals surface area (Å²) < 4.78 is 4.43. The van der Waals surface area contributed by atoms with Gasteiger partial charge in [0.15, 0.2) is 5.78 Å². The van der Waals surface area contributed by atoms with Crippen molar-refractivity contribution in [2.75, 3.05) is 12.8 Å². The van der Waals surface area contributed by atoms with Crippen LogP contribution in [0.15, 0.2) is 24.3 Å². The number of nitrogen functional groups attached to an aromatic ring is 1. The number of ether oxygens (including phenoxy) is 1. The molecule has 1 atom stereocenters. The number of methoxy groups -OCH3 is 1. The number of esters is 1. The van der Waals surface area contributed by atoms with Gasteiger partial charge in [0, 0.05) is 17.7 Å². The summed E-state index contributed by atoms with van der Waals surface area (Å²) in [4.78, 5) is 22.8. The molecule has 0 spiro atoms. The van der Waals surface area contributed by atoms with E-state index in [0.717, 1.165) is 0 Å². The van der Waals surface area contributed by atoms with Crippen LogP contribution in [0, 0.1) is 0 Å². The van der Waals surface area contributed by atoms with Crippen LogP contribution in [0.5, 0.6) is 0 Å². The van der Waals surface area contributed by atoms with Crippen LogP contribution in [-0.4, -0.2) is 24.9 Å². The first-order chi connectivity index (χ1) is 7.56. The quantitative estimate of drug-likeness (QED) is 0.435. The fraction of sp³-hybridized carbons (Fsp3) is 0.273. The number of ketones is 1. The number of rotatable bonds is 4. The molecule has 0 aliphatic rings. The van der Waals surface area contributed by atoms with Gasteiger partial charge in [0.05, 0.1) is 7.11 Å². The predicted molar refractivity (Wildman–Crippen MR) is 59.8 cm³/mol. The molecule has 0 amide bonds. The van der Waals surface area contributed by atoms with E-state index < -0.39 is 12.0 Å². The average molecular weight is 222 g/mol. The number of hydrogen-bond donors (Lipinski definition) is 2. The third kappa shape index (κ3) is 2.80. The van der Waals surface area contributed by atoms with E-state index in [-0.39, 0.29) is 12.2 Å². The van der Waals surface area contributed by atoms with Crippen LogP contribution in [-0.2, 0) is 9.53 Å². The summed E-state index contributed by atoms with van der Waals surface area (Å²) in [6.07, 6.45) is -0.110.